The van der Waals surface area contributed by atoms with Crippen LogP contribution in [0.1, 0.15) is 43.9 Å². The van der Waals surface area contributed by atoms with Gasteiger partial charge in [-0.25, -0.2) is 0 Å². The van der Waals surface area contributed by atoms with Crippen LogP contribution in [-0.2, 0) is 6.54 Å². The first-order valence-corrected chi connectivity index (χ1v) is 8.46. The molecule has 1 atom stereocenters. The van der Waals surface area contributed by atoms with Crippen LogP contribution in [0.2, 0.25) is 0 Å². The molecule has 0 aliphatic heterocycles. The van der Waals surface area contributed by atoms with E-state index in [0.29, 0.717) is 6.54 Å². The number of ether oxygens (including phenoxy) is 2. The fraction of sp³-hybridized carbons (Fsp3) is 0.400. The van der Waals surface area contributed by atoms with Gasteiger partial charge in [-0.3, -0.25) is 0 Å². The van der Waals surface area contributed by atoms with Crippen LogP contribution in [0, 0.1) is 0 Å². The maximum atomic E-state index is 10.0. The quantitative estimate of drug-likeness (QED) is 0.668. The van der Waals surface area contributed by atoms with Crippen LogP contribution in [0.25, 0.3) is 0 Å². The Bertz CT molecular complexity index is 625. The average molecular weight is 329 g/mol. The summed E-state index contributed by atoms with van der Waals surface area (Å²) in [6.07, 6.45) is 2.21. The van der Waals surface area contributed by atoms with E-state index >= 15 is 0 Å². The molecule has 0 aromatic heterocycles. The van der Waals surface area contributed by atoms with Gasteiger partial charge < -0.3 is 19.9 Å². The number of nitrogens with one attached hydrogen (secondary N) is 1. The number of aromatic hydroxyl groups is 1. The van der Waals surface area contributed by atoms with E-state index in [-0.39, 0.29) is 11.8 Å². The first kappa shape index (κ1) is 18.1. The molecular weight excluding hydrogens is 302 g/mol. The Balaban J connectivity index is 1.90. The molecule has 0 aliphatic rings. The highest BCUT2D eigenvalue weighted by Gasteiger charge is 2.11. The summed E-state index contributed by atoms with van der Waals surface area (Å²) in [7, 11) is 1.62. The van der Waals surface area contributed by atoms with Gasteiger partial charge in [0.1, 0.15) is 17.2 Å². The first-order chi connectivity index (χ1) is 11.6. The highest BCUT2D eigenvalue weighted by Crippen LogP contribution is 2.28. The molecule has 130 valence electrons. The van der Waals surface area contributed by atoms with Gasteiger partial charge in [0.25, 0.3) is 0 Å². The summed E-state index contributed by atoms with van der Waals surface area (Å²) >= 11 is 0. The number of rotatable bonds is 9. The van der Waals surface area contributed by atoms with Crippen molar-refractivity contribution >= 4 is 0 Å². The summed E-state index contributed by atoms with van der Waals surface area (Å²) in [6.45, 7) is 5.66. The van der Waals surface area contributed by atoms with Crippen LogP contribution < -0.4 is 14.8 Å². The molecule has 0 radical (unpaired) electrons. The van der Waals surface area contributed by atoms with Crippen molar-refractivity contribution in [3.05, 3.63) is 53.6 Å². The topological polar surface area (TPSA) is 50.7 Å². The van der Waals surface area contributed by atoms with Crippen LogP contribution in [0.15, 0.2) is 42.5 Å². The molecule has 4 heteroatoms. The van der Waals surface area contributed by atoms with E-state index in [1.165, 1.54) is 5.56 Å². The highest BCUT2D eigenvalue weighted by molar-refractivity contribution is 5.41. The van der Waals surface area contributed by atoms with Crippen LogP contribution in [-0.4, -0.2) is 18.8 Å². The van der Waals surface area contributed by atoms with E-state index < -0.39 is 0 Å². The molecule has 2 rings (SSSR count). The van der Waals surface area contributed by atoms with Crippen molar-refractivity contribution in [1.29, 1.82) is 0 Å². The van der Waals surface area contributed by atoms with Crippen molar-refractivity contribution in [3.8, 4) is 17.2 Å². The minimum atomic E-state index is 0.0144. The molecule has 0 aliphatic carbocycles. The van der Waals surface area contributed by atoms with Gasteiger partial charge in [-0.2, -0.15) is 0 Å². The van der Waals surface area contributed by atoms with Crippen molar-refractivity contribution < 1.29 is 14.6 Å². The lowest BCUT2D eigenvalue weighted by atomic mass is 10.1. The fourth-order valence-corrected chi connectivity index (χ4v) is 2.43. The summed E-state index contributed by atoms with van der Waals surface area (Å²) in [5, 5.41) is 13.4. The zero-order valence-electron chi connectivity index (χ0n) is 14.7. The standard InChI is InChI=1S/C20H27NO3/c1-4-5-12-24-17-8-6-16(7-9-17)14-21-15(2)19-13-18(23-3)10-11-20(19)22/h6-11,13,15,21-22H,4-5,12,14H2,1-3H3. The van der Waals surface area contributed by atoms with Crippen LogP contribution in [0.3, 0.4) is 0 Å². The summed E-state index contributed by atoms with van der Waals surface area (Å²) in [4.78, 5) is 0. The van der Waals surface area contributed by atoms with Gasteiger partial charge in [-0.1, -0.05) is 25.5 Å². The third-order valence-electron chi connectivity index (χ3n) is 4.00. The summed E-state index contributed by atoms with van der Waals surface area (Å²) in [5.41, 5.74) is 2.00. The average Bonchev–Trinajstić information content (AvgIpc) is 2.61. The van der Waals surface area contributed by atoms with Crippen molar-refractivity contribution in [2.75, 3.05) is 13.7 Å². The summed E-state index contributed by atoms with van der Waals surface area (Å²) in [5.74, 6) is 1.92. The molecule has 0 amide bonds. The number of phenolic OH excluding ortho intramolecular Hbond substituents is 1. The van der Waals surface area contributed by atoms with Crippen molar-refractivity contribution in [2.45, 2.75) is 39.3 Å². The smallest absolute Gasteiger partial charge is 0.120 e. The molecule has 0 heterocycles. The second-order valence-electron chi connectivity index (χ2n) is 5.87. The Morgan fingerprint density at radius 1 is 1.08 bits per heavy atom. The molecule has 1 unspecified atom stereocenters. The van der Waals surface area contributed by atoms with E-state index in [9.17, 15) is 5.11 Å². The van der Waals surface area contributed by atoms with Gasteiger partial charge in [-0.05, 0) is 49.2 Å². The minimum absolute atomic E-state index is 0.0144. The van der Waals surface area contributed by atoms with E-state index in [4.69, 9.17) is 9.47 Å². The Morgan fingerprint density at radius 3 is 2.46 bits per heavy atom. The van der Waals surface area contributed by atoms with Crippen molar-refractivity contribution in [3.63, 3.8) is 0 Å². The zero-order chi connectivity index (χ0) is 17.4. The van der Waals surface area contributed by atoms with Gasteiger partial charge >= 0.3 is 0 Å². The van der Waals surface area contributed by atoms with E-state index in [2.05, 4.69) is 24.4 Å². The molecule has 2 N–H and O–H groups in total. The molecular formula is C20H27NO3. The lowest BCUT2D eigenvalue weighted by Gasteiger charge is -2.17. The molecule has 0 saturated carbocycles. The zero-order valence-corrected chi connectivity index (χ0v) is 14.7. The summed E-state index contributed by atoms with van der Waals surface area (Å²) in [6, 6.07) is 13.4. The van der Waals surface area contributed by atoms with Gasteiger partial charge in [0.2, 0.25) is 0 Å². The number of unbranched alkanes of at least 4 members (excludes halogenated alkanes) is 1. The van der Waals surface area contributed by atoms with E-state index in [1.54, 1.807) is 19.2 Å². The molecule has 2 aromatic rings. The maximum absolute atomic E-state index is 10.0. The monoisotopic (exact) mass is 329 g/mol. The first-order valence-electron chi connectivity index (χ1n) is 8.46. The number of benzene rings is 2. The Hall–Kier alpha value is -2.20. The third-order valence-corrected chi connectivity index (χ3v) is 4.00. The molecule has 0 bridgehead atoms. The SMILES string of the molecule is CCCCOc1ccc(CNC(C)c2cc(OC)ccc2O)cc1. The second kappa shape index (κ2) is 9.18. The van der Waals surface area contributed by atoms with Gasteiger partial charge in [-0.15, -0.1) is 0 Å². The number of hydrogen-bond acceptors (Lipinski definition) is 4. The molecule has 4 nitrogen and oxygen atoms in total. The normalized spacial score (nSPS) is 12.0. The van der Waals surface area contributed by atoms with E-state index in [1.807, 2.05) is 25.1 Å². The van der Waals surface area contributed by atoms with Gasteiger partial charge in [0, 0.05) is 18.2 Å². The highest BCUT2D eigenvalue weighted by atomic mass is 16.5. The largest absolute Gasteiger partial charge is 0.508 e. The second-order valence-corrected chi connectivity index (χ2v) is 5.87. The predicted octanol–water partition coefficient (Wildman–Crippen LogP) is 4.43. The third kappa shape index (κ3) is 5.17. The molecule has 0 fully saturated rings. The van der Waals surface area contributed by atoms with Crippen molar-refractivity contribution in [2.24, 2.45) is 0 Å². The van der Waals surface area contributed by atoms with Crippen LogP contribution >= 0.6 is 0 Å². The van der Waals surface area contributed by atoms with Crippen LogP contribution in [0.4, 0.5) is 0 Å². The fourth-order valence-electron chi connectivity index (χ4n) is 2.43. The lowest BCUT2D eigenvalue weighted by molar-refractivity contribution is 0.309. The molecule has 2 aromatic carbocycles. The molecule has 0 spiro atoms. The van der Waals surface area contributed by atoms with Gasteiger partial charge in [0.15, 0.2) is 0 Å². The van der Waals surface area contributed by atoms with Crippen LogP contribution in [0.5, 0.6) is 17.2 Å². The Labute approximate surface area is 144 Å². The Morgan fingerprint density at radius 2 is 1.79 bits per heavy atom. The van der Waals surface area contributed by atoms with E-state index in [0.717, 1.165) is 36.5 Å². The molecule has 24 heavy (non-hydrogen) atoms. The van der Waals surface area contributed by atoms with Gasteiger partial charge in [0.05, 0.1) is 13.7 Å². The Kier molecular flexibility index (Phi) is 6.94. The lowest BCUT2D eigenvalue weighted by Crippen LogP contribution is -2.18. The minimum Gasteiger partial charge on any atom is -0.508 e. The number of methoxy groups -OCH3 is 1. The number of phenols is 1. The van der Waals surface area contributed by atoms with Crippen molar-refractivity contribution in [1.82, 2.24) is 5.32 Å². The number of hydrogen-bond donors (Lipinski definition) is 2. The predicted molar refractivity (Wildman–Crippen MR) is 96.8 cm³/mol. The maximum Gasteiger partial charge on any atom is 0.120 e. The summed E-state index contributed by atoms with van der Waals surface area (Å²) < 4.78 is 10.9. The molecule has 0 saturated heterocycles.